The monoisotopic (exact) mass is 446 g/mol. The van der Waals surface area contributed by atoms with Crippen LogP contribution in [-0.4, -0.2) is 56.2 Å². The lowest BCUT2D eigenvalue weighted by Gasteiger charge is -2.35. The van der Waals surface area contributed by atoms with Gasteiger partial charge in [0.05, 0.1) is 23.3 Å². The van der Waals surface area contributed by atoms with Crippen LogP contribution in [0, 0.1) is 0 Å². The number of rotatable bonds is 6. The van der Waals surface area contributed by atoms with E-state index < -0.39 is 0 Å². The number of likely N-dealkylation sites (tertiary alicyclic amines) is 1. The van der Waals surface area contributed by atoms with Crippen LogP contribution >= 0.6 is 0 Å². The molecule has 8 heteroatoms. The molecule has 1 aliphatic carbocycles. The van der Waals surface area contributed by atoms with Gasteiger partial charge in [0.25, 0.3) is 11.5 Å². The van der Waals surface area contributed by atoms with Gasteiger partial charge in [0.15, 0.2) is 0 Å². The van der Waals surface area contributed by atoms with Gasteiger partial charge < -0.3 is 5.32 Å². The maximum atomic E-state index is 12.8. The molecule has 3 heterocycles. The van der Waals surface area contributed by atoms with Crippen molar-refractivity contribution in [3.05, 3.63) is 63.8 Å². The summed E-state index contributed by atoms with van der Waals surface area (Å²) in [7, 11) is 0. The van der Waals surface area contributed by atoms with Gasteiger partial charge in [-0.05, 0) is 68.8 Å². The highest BCUT2D eigenvalue weighted by Crippen LogP contribution is 2.18. The molecule has 5 rings (SSSR count). The number of piperidine rings is 1. The summed E-state index contributed by atoms with van der Waals surface area (Å²) in [6.07, 6.45) is 10.8. The zero-order valence-corrected chi connectivity index (χ0v) is 18.9. The van der Waals surface area contributed by atoms with E-state index >= 15 is 0 Å². The first-order valence-corrected chi connectivity index (χ1v) is 12.0. The average molecular weight is 447 g/mol. The Labute approximate surface area is 193 Å². The number of hydrogen-bond donors (Lipinski definition) is 1. The van der Waals surface area contributed by atoms with Gasteiger partial charge in [0.1, 0.15) is 0 Å². The Morgan fingerprint density at radius 2 is 1.85 bits per heavy atom. The Morgan fingerprint density at radius 3 is 2.76 bits per heavy atom. The van der Waals surface area contributed by atoms with Crippen molar-refractivity contribution in [3.63, 3.8) is 0 Å². The highest BCUT2D eigenvalue weighted by atomic mass is 16.1. The second kappa shape index (κ2) is 9.79. The standard InChI is InChI=1S/C25H30N6O2/c32-24-16-18-5-1-2-7-21(18)29-31(24)14-13-30-12-4-3-6-20(30)17-28-25(33)19-8-9-22-23(15-19)27-11-10-26-22/h8-11,15-16,20H,1-7,12-14,17H2,(H,28,33). The zero-order chi connectivity index (χ0) is 22.6. The smallest absolute Gasteiger partial charge is 0.267 e. The Bertz CT molecular complexity index is 1210. The molecule has 1 atom stereocenters. The number of carbonyl (C=O) groups is 1. The summed E-state index contributed by atoms with van der Waals surface area (Å²) in [6, 6.07) is 7.44. The van der Waals surface area contributed by atoms with E-state index in [1.165, 1.54) is 0 Å². The van der Waals surface area contributed by atoms with Crippen LogP contribution in [0.3, 0.4) is 0 Å². The molecule has 0 radical (unpaired) electrons. The number of amides is 1. The summed E-state index contributed by atoms with van der Waals surface area (Å²) >= 11 is 0. The quantitative estimate of drug-likeness (QED) is 0.625. The van der Waals surface area contributed by atoms with Crippen molar-refractivity contribution >= 4 is 16.9 Å². The van der Waals surface area contributed by atoms with Crippen molar-refractivity contribution in [1.82, 2.24) is 30.0 Å². The molecule has 1 N–H and O–H groups in total. The number of aryl methyl sites for hydroxylation is 2. The van der Waals surface area contributed by atoms with Gasteiger partial charge in [-0.1, -0.05) is 6.42 Å². The summed E-state index contributed by atoms with van der Waals surface area (Å²) in [4.78, 5) is 36.2. The minimum Gasteiger partial charge on any atom is -0.350 e. The van der Waals surface area contributed by atoms with Crippen LogP contribution < -0.4 is 10.9 Å². The van der Waals surface area contributed by atoms with Crippen LogP contribution in [0.4, 0.5) is 0 Å². The van der Waals surface area contributed by atoms with Crippen LogP contribution in [0.15, 0.2) is 41.5 Å². The van der Waals surface area contributed by atoms with Crippen LogP contribution in [0.2, 0.25) is 0 Å². The Balaban J connectivity index is 1.21. The van der Waals surface area contributed by atoms with Crippen molar-refractivity contribution in [3.8, 4) is 0 Å². The molecule has 1 aromatic carbocycles. The average Bonchev–Trinajstić information content (AvgIpc) is 2.86. The lowest BCUT2D eigenvalue weighted by molar-refractivity contribution is 0.0909. The van der Waals surface area contributed by atoms with E-state index in [4.69, 9.17) is 0 Å². The first-order valence-electron chi connectivity index (χ1n) is 12.0. The van der Waals surface area contributed by atoms with E-state index in [1.807, 2.05) is 6.07 Å². The summed E-state index contributed by atoms with van der Waals surface area (Å²) in [5, 5.41) is 7.76. The minimum atomic E-state index is -0.0966. The minimum absolute atomic E-state index is 0.00286. The maximum absolute atomic E-state index is 12.8. The van der Waals surface area contributed by atoms with Crippen LogP contribution in [-0.2, 0) is 19.4 Å². The molecule has 2 aromatic heterocycles. The second-order valence-corrected chi connectivity index (χ2v) is 9.04. The molecule has 8 nitrogen and oxygen atoms in total. The normalized spacial score (nSPS) is 18.7. The number of nitrogens with zero attached hydrogens (tertiary/aromatic N) is 5. The van der Waals surface area contributed by atoms with Gasteiger partial charge >= 0.3 is 0 Å². The molecule has 0 bridgehead atoms. The third-order valence-corrected chi connectivity index (χ3v) is 6.85. The molecule has 33 heavy (non-hydrogen) atoms. The van der Waals surface area contributed by atoms with Crippen molar-refractivity contribution in [2.24, 2.45) is 0 Å². The van der Waals surface area contributed by atoms with Crippen molar-refractivity contribution in [1.29, 1.82) is 0 Å². The van der Waals surface area contributed by atoms with Gasteiger partial charge in [-0.2, -0.15) is 5.10 Å². The highest BCUT2D eigenvalue weighted by Gasteiger charge is 2.23. The van der Waals surface area contributed by atoms with Crippen LogP contribution in [0.25, 0.3) is 11.0 Å². The number of aromatic nitrogens is 4. The molecule has 1 amide bonds. The number of nitrogens with one attached hydrogen (secondary N) is 1. The molecule has 2 aliphatic rings. The second-order valence-electron chi connectivity index (χ2n) is 9.04. The Kier molecular flexibility index (Phi) is 6.44. The predicted molar refractivity (Wildman–Crippen MR) is 126 cm³/mol. The zero-order valence-electron chi connectivity index (χ0n) is 18.9. The first kappa shape index (κ1) is 21.7. The van der Waals surface area contributed by atoms with Crippen molar-refractivity contribution in [2.75, 3.05) is 19.6 Å². The molecule has 0 saturated carbocycles. The third kappa shape index (κ3) is 4.95. The molecule has 1 unspecified atom stereocenters. The highest BCUT2D eigenvalue weighted by molar-refractivity contribution is 5.97. The van der Waals surface area contributed by atoms with Gasteiger partial charge in [-0.3, -0.25) is 24.5 Å². The van der Waals surface area contributed by atoms with Gasteiger partial charge in [-0.25, -0.2) is 4.68 Å². The maximum Gasteiger partial charge on any atom is 0.267 e. The Morgan fingerprint density at radius 1 is 1.00 bits per heavy atom. The SMILES string of the molecule is O=C(NCC1CCCCN1CCn1nc2c(cc1=O)CCCC2)c1ccc2nccnc2c1. The van der Waals surface area contributed by atoms with Crippen LogP contribution in [0.1, 0.15) is 53.7 Å². The molecule has 1 fully saturated rings. The topological polar surface area (TPSA) is 93.0 Å². The van der Waals surface area contributed by atoms with Gasteiger partial charge in [-0.15, -0.1) is 0 Å². The van der Waals surface area contributed by atoms with E-state index in [0.29, 0.717) is 24.2 Å². The van der Waals surface area contributed by atoms with Crippen LogP contribution in [0.5, 0.6) is 0 Å². The molecule has 1 aliphatic heterocycles. The fraction of sp³-hybridized carbons (Fsp3) is 0.480. The molecular weight excluding hydrogens is 416 g/mol. The number of carbonyl (C=O) groups excluding carboxylic acids is 1. The summed E-state index contributed by atoms with van der Waals surface area (Å²) in [6.45, 7) is 2.91. The predicted octanol–water partition coefficient (Wildman–Crippen LogP) is 2.35. The molecule has 3 aromatic rings. The van der Waals surface area contributed by atoms with Crippen molar-refractivity contribution < 1.29 is 4.79 Å². The van der Waals surface area contributed by atoms with E-state index in [-0.39, 0.29) is 17.5 Å². The largest absolute Gasteiger partial charge is 0.350 e. The first-order chi connectivity index (χ1) is 16.2. The van der Waals surface area contributed by atoms with E-state index in [1.54, 1.807) is 35.3 Å². The number of benzene rings is 1. The molecular formula is C25H30N6O2. The fourth-order valence-corrected chi connectivity index (χ4v) is 4.99. The van der Waals surface area contributed by atoms with Gasteiger partial charge in [0, 0.05) is 43.2 Å². The van der Waals surface area contributed by atoms with E-state index in [0.717, 1.165) is 74.8 Å². The van der Waals surface area contributed by atoms with Gasteiger partial charge in [0.2, 0.25) is 0 Å². The lowest BCUT2D eigenvalue weighted by Crippen LogP contribution is -2.48. The molecule has 1 saturated heterocycles. The third-order valence-electron chi connectivity index (χ3n) is 6.85. The Hall–Kier alpha value is -3.13. The van der Waals surface area contributed by atoms with E-state index in [2.05, 4.69) is 25.3 Å². The van der Waals surface area contributed by atoms with E-state index in [9.17, 15) is 9.59 Å². The number of fused-ring (bicyclic) bond motifs is 2. The molecule has 0 spiro atoms. The number of hydrogen-bond acceptors (Lipinski definition) is 6. The molecule has 172 valence electrons. The lowest BCUT2D eigenvalue weighted by atomic mass is 9.97. The fourth-order valence-electron chi connectivity index (χ4n) is 4.99. The summed E-state index contributed by atoms with van der Waals surface area (Å²) < 4.78 is 1.63. The summed E-state index contributed by atoms with van der Waals surface area (Å²) in [5.74, 6) is -0.0966. The van der Waals surface area contributed by atoms with Crippen molar-refractivity contribution in [2.45, 2.75) is 57.5 Å². The summed E-state index contributed by atoms with van der Waals surface area (Å²) in [5.41, 5.74) is 4.29.